The van der Waals surface area contributed by atoms with Gasteiger partial charge >= 0.3 is 0 Å². The van der Waals surface area contributed by atoms with E-state index in [4.69, 9.17) is 0 Å². The molecule has 0 aliphatic heterocycles. The standard InChI is InChI=1S/C11H11IN2O/c1-6-4-9-13-8(3)10(12)11(15)14(9)5-7(6)2/h4-5H,1-3H3. The van der Waals surface area contributed by atoms with Gasteiger partial charge in [-0.1, -0.05) is 0 Å². The molecule has 0 saturated carbocycles. The highest BCUT2D eigenvalue weighted by Crippen LogP contribution is 2.11. The van der Waals surface area contributed by atoms with Gasteiger partial charge < -0.3 is 0 Å². The lowest BCUT2D eigenvalue weighted by atomic mass is 10.2. The van der Waals surface area contributed by atoms with E-state index in [1.165, 1.54) is 0 Å². The number of fused-ring (bicyclic) bond motifs is 1. The maximum Gasteiger partial charge on any atom is 0.271 e. The maximum absolute atomic E-state index is 11.9. The van der Waals surface area contributed by atoms with Crippen molar-refractivity contribution < 1.29 is 0 Å². The van der Waals surface area contributed by atoms with Crippen LogP contribution in [-0.2, 0) is 0 Å². The molecule has 4 heteroatoms. The predicted molar refractivity (Wildman–Crippen MR) is 68.4 cm³/mol. The minimum Gasteiger partial charge on any atom is -0.268 e. The number of aryl methyl sites for hydroxylation is 3. The summed E-state index contributed by atoms with van der Waals surface area (Å²) >= 11 is 2.04. The average molecular weight is 314 g/mol. The number of rotatable bonds is 0. The van der Waals surface area contributed by atoms with Gasteiger partial charge in [-0.3, -0.25) is 9.20 Å². The third-order valence-electron chi connectivity index (χ3n) is 2.54. The molecule has 0 spiro atoms. The van der Waals surface area contributed by atoms with Crippen LogP contribution in [0.2, 0.25) is 0 Å². The number of halogens is 1. The fraction of sp³-hybridized carbons (Fsp3) is 0.273. The van der Waals surface area contributed by atoms with E-state index in [1.807, 2.05) is 55.6 Å². The first kappa shape index (κ1) is 10.6. The molecule has 0 aliphatic rings. The summed E-state index contributed by atoms with van der Waals surface area (Å²) in [6.07, 6.45) is 1.85. The van der Waals surface area contributed by atoms with E-state index in [-0.39, 0.29) is 5.56 Å². The summed E-state index contributed by atoms with van der Waals surface area (Å²) in [4.78, 5) is 16.3. The molecule has 2 rings (SSSR count). The van der Waals surface area contributed by atoms with Crippen molar-refractivity contribution in [3.05, 3.63) is 43.0 Å². The monoisotopic (exact) mass is 314 g/mol. The lowest BCUT2D eigenvalue weighted by Gasteiger charge is -2.06. The first-order chi connectivity index (χ1) is 7.00. The van der Waals surface area contributed by atoms with Crippen LogP contribution in [-0.4, -0.2) is 9.38 Å². The van der Waals surface area contributed by atoms with Crippen LogP contribution >= 0.6 is 22.6 Å². The van der Waals surface area contributed by atoms with E-state index in [9.17, 15) is 4.79 Å². The Morgan fingerprint density at radius 3 is 2.60 bits per heavy atom. The van der Waals surface area contributed by atoms with Crippen LogP contribution < -0.4 is 5.56 Å². The lowest BCUT2D eigenvalue weighted by Crippen LogP contribution is -2.19. The van der Waals surface area contributed by atoms with Crippen LogP contribution in [0.25, 0.3) is 5.65 Å². The van der Waals surface area contributed by atoms with Gasteiger partial charge in [0.05, 0.1) is 5.69 Å². The molecule has 0 bridgehead atoms. The Morgan fingerprint density at radius 1 is 1.27 bits per heavy atom. The van der Waals surface area contributed by atoms with Crippen molar-refractivity contribution in [1.82, 2.24) is 9.38 Å². The molecule has 0 radical (unpaired) electrons. The second-order valence-corrected chi connectivity index (χ2v) is 4.76. The number of aromatic nitrogens is 2. The Morgan fingerprint density at radius 2 is 1.93 bits per heavy atom. The Hall–Kier alpha value is -0.910. The van der Waals surface area contributed by atoms with E-state index in [1.54, 1.807) is 4.40 Å². The maximum atomic E-state index is 11.9. The SMILES string of the molecule is Cc1cc2nc(C)c(I)c(=O)n2cc1C. The molecule has 78 valence electrons. The van der Waals surface area contributed by atoms with E-state index >= 15 is 0 Å². The third-order valence-corrected chi connectivity index (χ3v) is 3.79. The summed E-state index contributed by atoms with van der Waals surface area (Å²) in [5.74, 6) is 0. The summed E-state index contributed by atoms with van der Waals surface area (Å²) < 4.78 is 2.30. The minimum absolute atomic E-state index is 0.0150. The molecule has 0 N–H and O–H groups in total. The highest BCUT2D eigenvalue weighted by molar-refractivity contribution is 14.1. The van der Waals surface area contributed by atoms with E-state index in [2.05, 4.69) is 4.98 Å². The number of pyridine rings is 1. The van der Waals surface area contributed by atoms with Crippen LogP contribution in [0, 0.1) is 24.3 Å². The zero-order valence-corrected chi connectivity index (χ0v) is 11.0. The largest absolute Gasteiger partial charge is 0.271 e. The lowest BCUT2D eigenvalue weighted by molar-refractivity contribution is 0.982. The summed E-state index contributed by atoms with van der Waals surface area (Å²) in [6.45, 7) is 5.88. The first-order valence-electron chi connectivity index (χ1n) is 4.66. The topological polar surface area (TPSA) is 34.4 Å². The summed E-state index contributed by atoms with van der Waals surface area (Å²) in [6, 6.07) is 1.94. The molecule has 3 nitrogen and oxygen atoms in total. The molecule has 0 aliphatic carbocycles. The van der Waals surface area contributed by atoms with Gasteiger partial charge in [0.1, 0.15) is 9.22 Å². The highest BCUT2D eigenvalue weighted by Gasteiger charge is 2.07. The zero-order valence-electron chi connectivity index (χ0n) is 8.84. The van der Waals surface area contributed by atoms with Gasteiger partial charge in [0.25, 0.3) is 5.56 Å². The Kier molecular flexibility index (Phi) is 2.54. The molecular weight excluding hydrogens is 303 g/mol. The molecule has 2 heterocycles. The molecule has 15 heavy (non-hydrogen) atoms. The van der Waals surface area contributed by atoms with Crippen molar-refractivity contribution in [2.45, 2.75) is 20.8 Å². The van der Waals surface area contributed by atoms with Crippen molar-refractivity contribution >= 4 is 28.2 Å². The van der Waals surface area contributed by atoms with Gasteiger partial charge in [-0.05, 0) is 60.6 Å². The molecule has 0 amide bonds. The molecule has 0 fully saturated rings. The van der Waals surface area contributed by atoms with Crippen LogP contribution in [0.4, 0.5) is 0 Å². The van der Waals surface area contributed by atoms with Crippen LogP contribution in [0.1, 0.15) is 16.8 Å². The van der Waals surface area contributed by atoms with E-state index in [0.29, 0.717) is 3.57 Å². The van der Waals surface area contributed by atoms with Crippen molar-refractivity contribution in [2.24, 2.45) is 0 Å². The van der Waals surface area contributed by atoms with Gasteiger partial charge in [0.15, 0.2) is 0 Å². The fourth-order valence-electron chi connectivity index (χ4n) is 1.47. The summed E-state index contributed by atoms with van der Waals surface area (Å²) in [5.41, 5.74) is 3.79. The third kappa shape index (κ3) is 1.67. The molecular formula is C11H11IN2O. The number of hydrogen-bond donors (Lipinski definition) is 0. The van der Waals surface area contributed by atoms with Crippen LogP contribution in [0.3, 0.4) is 0 Å². The zero-order chi connectivity index (χ0) is 11.2. The molecule has 2 aromatic rings. The van der Waals surface area contributed by atoms with E-state index in [0.717, 1.165) is 22.5 Å². The predicted octanol–water partition coefficient (Wildman–Crippen LogP) is 2.22. The Bertz CT molecular complexity index is 596. The second-order valence-electron chi connectivity index (χ2n) is 3.68. The number of nitrogens with zero attached hydrogens (tertiary/aromatic N) is 2. The van der Waals surface area contributed by atoms with Crippen molar-refractivity contribution in [2.75, 3.05) is 0 Å². The quantitative estimate of drug-likeness (QED) is 0.699. The molecule has 0 atom stereocenters. The van der Waals surface area contributed by atoms with Gasteiger partial charge in [0, 0.05) is 6.20 Å². The number of hydrogen-bond acceptors (Lipinski definition) is 2. The van der Waals surface area contributed by atoms with E-state index < -0.39 is 0 Å². The van der Waals surface area contributed by atoms with Crippen LogP contribution in [0.5, 0.6) is 0 Å². The Balaban J connectivity index is 3.00. The van der Waals surface area contributed by atoms with Gasteiger partial charge in [-0.25, -0.2) is 4.98 Å². The highest BCUT2D eigenvalue weighted by atomic mass is 127. The normalized spacial score (nSPS) is 10.9. The van der Waals surface area contributed by atoms with Gasteiger partial charge in [0.2, 0.25) is 0 Å². The summed E-state index contributed by atoms with van der Waals surface area (Å²) in [5, 5.41) is 0. The molecule has 2 aromatic heterocycles. The van der Waals surface area contributed by atoms with Crippen molar-refractivity contribution in [3.63, 3.8) is 0 Å². The molecule has 0 aromatic carbocycles. The molecule has 0 unspecified atom stereocenters. The smallest absolute Gasteiger partial charge is 0.268 e. The average Bonchev–Trinajstić information content (AvgIpc) is 2.19. The van der Waals surface area contributed by atoms with Crippen molar-refractivity contribution in [1.29, 1.82) is 0 Å². The Labute approximate surface area is 101 Å². The van der Waals surface area contributed by atoms with Gasteiger partial charge in [-0.2, -0.15) is 0 Å². The van der Waals surface area contributed by atoms with Crippen molar-refractivity contribution in [3.8, 4) is 0 Å². The second kappa shape index (κ2) is 3.59. The van der Waals surface area contributed by atoms with Gasteiger partial charge in [-0.15, -0.1) is 0 Å². The minimum atomic E-state index is 0.0150. The molecule has 0 saturated heterocycles. The summed E-state index contributed by atoms with van der Waals surface area (Å²) in [7, 11) is 0. The van der Waals surface area contributed by atoms with Crippen LogP contribution in [0.15, 0.2) is 17.1 Å². The fourth-order valence-corrected chi connectivity index (χ4v) is 1.85. The first-order valence-corrected chi connectivity index (χ1v) is 5.74.